The summed E-state index contributed by atoms with van der Waals surface area (Å²) in [5.74, 6) is 1.29. The molecular formula is C22H34N4O3. The largest absolute Gasteiger partial charge is 0.366 e. The molecule has 2 heterocycles. The average Bonchev–Trinajstić information content (AvgIpc) is 3.21. The number of unbranched alkanes of at least 4 members (excludes halogenated alkanes) is 1. The minimum atomic E-state index is -0.384. The van der Waals surface area contributed by atoms with Crippen molar-refractivity contribution < 1.29 is 9.72 Å². The number of piperidine rings is 1. The van der Waals surface area contributed by atoms with Gasteiger partial charge in [-0.2, -0.15) is 0 Å². The van der Waals surface area contributed by atoms with Crippen LogP contribution in [0.1, 0.15) is 56.3 Å². The summed E-state index contributed by atoms with van der Waals surface area (Å²) in [4.78, 5) is 28.1. The van der Waals surface area contributed by atoms with E-state index in [0.29, 0.717) is 17.8 Å². The maximum absolute atomic E-state index is 12.4. The van der Waals surface area contributed by atoms with Gasteiger partial charge >= 0.3 is 0 Å². The number of anilines is 1. The molecule has 160 valence electrons. The Hall–Kier alpha value is -2.15. The molecule has 0 radical (unpaired) electrons. The Morgan fingerprint density at radius 1 is 1.17 bits per heavy atom. The molecule has 0 saturated carbocycles. The van der Waals surface area contributed by atoms with E-state index in [1.165, 1.54) is 25.6 Å². The van der Waals surface area contributed by atoms with Crippen LogP contribution in [-0.2, 0) is 0 Å². The molecule has 7 nitrogen and oxygen atoms in total. The van der Waals surface area contributed by atoms with Crippen molar-refractivity contribution in [2.24, 2.45) is 11.8 Å². The van der Waals surface area contributed by atoms with Gasteiger partial charge in [-0.3, -0.25) is 14.9 Å². The van der Waals surface area contributed by atoms with Crippen molar-refractivity contribution >= 4 is 17.3 Å². The number of hydrogen-bond acceptors (Lipinski definition) is 5. The van der Waals surface area contributed by atoms with Crippen molar-refractivity contribution in [3.05, 3.63) is 33.9 Å². The van der Waals surface area contributed by atoms with Gasteiger partial charge in [0.15, 0.2) is 0 Å². The summed E-state index contributed by atoms with van der Waals surface area (Å²) in [5, 5.41) is 14.4. The second-order valence-electron chi connectivity index (χ2n) is 8.82. The van der Waals surface area contributed by atoms with Crippen molar-refractivity contribution in [3.63, 3.8) is 0 Å². The molecule has 29 heavy (non-hydrogen) atoms. The van der Waals surface area contributed by atoms with Gasteiger partial charge in [-0.05, 0) is 62.6 Å². The number of hydrogen-bond donors (Lipinski definition) is 1. The predicted molar refractivity (Wildman–Crippen MR) is 115 cm³/mol. The molecule has 1 amide bonds. The van der Waals surface area contributed by atoms with E-state index in [1.54, 1.807) is 12.1 Å². The van der Waals surface area contributed by atoms with Crippen LogP contribution in [0.15, 0.2) is 18.2 Å². The van der Waals surface area contributed by atoms with Gasteiger partial charge in [-0.1, -0.05) is 13.8 Å². The van der Waals surface area contributed by atoms with Crippen LogP contribution in [0.3, 0.4) is 0 Å². The molecule has 1 N–H and O–H groups in total. The molecule has 0 aromatic heterocycles. The Balaban J connectivity index is 1.46. The van der Waals surface area contributed by atoms with Crippen LogP contribution in [-0.4, -0.2) is 55.0 Å². The number of benzene rings is 1. The highest BCUT2D eigenvalue weighted by molar-refractivity contribution is 5.95. The van der Waals surface area contributed by atoms with Crippen LogP contribution < -0.4 is 10.2 Å². The van der Waals surface area contributed by atoms with E-state index in [2.05, 4.69) is 24.1 Å². The SMILES string of the molecule is CC1CC(C)CN(CCCCNC(=O)c2ccc(N3CCCC3)c([N+](=O)[O-])c2)C1. The lowest BCUT2D eigenvalue weighted by molar-refractivity contribution is -0.384. The van der Waals surface area contributed by atoms with E-state index in [1.807, 2.05) is 4.90 Å². The van der Waals surface area contributed by atoms with Gasteiger partial charge < -0.3 is 15.1 Å². The standard InChI is InChI=1S/C22H34N4O3/c1-17-13-18(2)16-24(15-17)10-4-3-9-23-22(27)19-7-8-20(21(14-19)26(28)29)25-11-5-6-12-25/h7-8,14,17-18H,3-6,9-13,15-16H2,1-2H3,(H,23,27). The third kappa shape index (κ3) is 5.92. The Bertz CT molecular complexity index is 708. The normalized spacial score (nSPS) is 22.6. The molecule has 2 fully saturated rings. The lowest BCUT2D eigenvalue weighted by Gasteiger charge is -2.34. The third-order valence-corrected chi connectivity index (χ3v) is 6.01. The van der Waals surface area contributed by atoms with Crippen LogP contribution in [0.5, 0.6) is 0 Å². The fourth-order valence-electron chi connectivity index (χ4n) is 4.78. The summed E-state index contributed by atoms with van der Waals surface area (Å²) in [5.41, 5.74) is 1.00. The Morgan fingerprint density at radius 2 is 1.86 bits per heavy atom. The highest BCUT2D eigenvalue weighted by Gasteiger charge is 2.24. The quantitative estimate of drug-likeness (QED) is 0.408. The smallest absolute Gasteiger partial charge is 0.293 e. The molecule has 2 aliphatic rings. The van der Waals surface area contributed by atoms with Crippen molar-refractivity contribution in [1.82, 2.24) is 10.2 Å². The first kappa shape index (κ1) is 21.6. The minimum Gasteiger partial charge on any atom is -0.366 e. The summed E-state index contributed by atoms with van der Waals surface area (Å²) >= 11 is 0. The van der Waals surface area contributed by atoms with E-state index in [9.17, 15) is 14.9 Å². The van der Waals surface area contributed by atoms with E-state index in [0.717, 1.165) is 57.2 Å². The monoisotopic (exact) mass is 402 g/mol. The summed E-state index contributed by atoms with van der Waals surface area (Å²) < 4.78 is 0. The van der Waals surface area contributed by atoms with Crippen LogP contribution in [0.4, 0.5) is 11.4 Å². The lowest BCUT2D eigenvalue weighted by atomic mass is 9.92. The second-order valence-corrected chi connectivity index (χ2v) is 8.82. The van der Waals surface area contributed by atoms with Gasteiger partial charge in [0.05, 0.1) is 4.92 Å². The fourth-order valence-corrected chi connectivity index (χ4v) is 4.78. The number of rotatable bonds is 8. The second kappa shape index (κ2) is 10.1. The first-order chi connectivity index (χ1) is 13.9. The van der Waals surface area contributed by atoms with Crippen molar-refractivity contribution in [2.75, 3.05) is 44.2 Å². The number of likely N-dealkylation sites (tertiary alicyclic amines) is 1. The highest BCUT2D eigenvalue weighted by atomic mass is 16.6. The van der Waals surface area contributed by atoms with Crippen molar-refractivity contribution in [2.45, 2.75) is 46.0 Å². The Morgan fingerprint density at radius 3 is 2.52 bits per heavy atom. The zero-order valence-corrected chi connectivity index (χ0v) is 17.7. The number of nitrogens with zero attached hydrogens (tertiary/aromatic N) is 3. The van der Waals surface area contributed by atoms with Crippen LogP contribution in [0, 0.1) is 22.0 Å². The minimum absolute atomic E-state index is 0.0212. The van der Waals surface area contributed by atoms with E-state index in [-0.39, 0.29) is 16.5 Å². The highest BCUT2D eigenvalue weighted by Crippen LogP contribution is 2.31. The first-order valence-corrected chi connectivity index (χ1v) is 11.0. The number of nitro groups is 1. The number of nitrogens with one attached hydrogen (secondary N) is 1. The number of carbonyl (C=O) groups is 1. The number of amides is 1. The molecule has 0 spiro atoms. The van der Waals surface area contributed by atoms with Crippen LogP contribution in [0.25, 0.3) is 0 Å². The molecule has 0 bridgehead atoms. The summed E-state index contributed by atoms with van der Waals surface area (Å²) in [7, 11) is 0. The third-order valence-electron chi connectivity index (χ3n) is 6.01. The maximum atomic E-state index is 12.4. The van der Waals surface area contributed by atoms with Gasteiger partial charge in [0.1, 0.15) is 5.69 Å². The van der Waals surface area contributed by atoms with Crippen molar-refractivity contribution in [3.8, 4) is 0 Å². The molecule has 3 rings (SSSR count). The zero-order chi connectivity index (χ0) is 20.8. The fraction of sp³-hybridized carbons (Fsp3) is 0.682. The Labute approximate surface area is 173 Å². The molecule has 1 aromatic rings. The topological polar surface area (TPSA) is 78.7 Å². The van der Waals surface area contributed by atoms with Gasteiger partial charge in [-0.25, -0.2) is 0 Å². The molecule has 2 saturated heterocycles. The molecule has 1 aromatic carbocycles. The first-order valence-electron chi connectivity index (χ1n) is 11.0. The lowest BCUT2D eigenvalue weighted by Crippen LogP contribution is -2.39. The van der Waals surface area contributed by atoms with Crippen molar-refractivity contribution in [1.29, 1.82) is 0 Å². The maximum Gasteiger partial charge on any atom is 0.293 e. The molecular weight excluding hydrogens is 368 g/mol. The molecule has 0 aliphatic carbocycles. The number of nitro benzene ring substituents is 1. The molecule has 2 aliphatic heterocycles. The molecule has 2 atom stereocenters. The predicted octanol–water partition coefficient (Wildman–Crippen LogP) is 3.68. The molecule has 7 heteroatoms. The van der Waals surface area contributed by atoms with Gasteiger partial charge in [0.2, 0.25) is 0 Å². The van der Waals surface area contributed by atoms with Gasteiger partial charge in [0, 0.05) is 44.4 Å². The summed E-state index contributed by atoms with van der Waals surface area (Å²) in [6.07, 6.45) is 5.38. The van der Waals surface area contributed by atoms with Gasteiger partial charge in [0.25, 0.3) is 11.6 Å². The summed E-state index contributed by atoms with van der Waals surface area (Å²) in [6, 6.07) is 4.84. The van der Waals surface area contributed by atoms with E-state index >= 15 is 0 Å². The van der Waals surface area contributed by atoms with E-state index < -0.39 is 0 Å². The van der Waals surface area contributed by atoms with Crippen LogP contribution in [0.2, 0.25) is 0 Å². The van der Waals surface area contributed by atoms with Crippen LogP contribution >= 0.6 is 0 Å². The van der Waals surface area contributed by atoms with Gasteiger partial charge in [-0.15, -0.1) is 0 Å². The average molecular weight is 403 g/mol. The zero-order valence-electron chi connectivity index (χ0n) is 17.7. The Kier molecular flexibility index (Phi) is 7.47. The van der Waals surface area contributed by atoms with E-state index in [4.69, 9.17) is 0 Å². The summed E-state index contributed by atoms with van der Waals surface area (Å²) in [6.45, 7) is 10.3. The molecule has 2 unspecified atom stereocenters. The number of carbonyl (C=O) groups excluding carboxylic acids is 1.